The predicted octanol–water partition coefficient (Wildman–Crippen LogP) is 2.72. The minimum absolute atomic E-state index is 0.0000521. The van der Waals surface area contributed by atoms with Crippen molar-refractivity contribution in [1.29, 1.82) is 0 Å². The Bertz CT molecular complexity index is 359. The maximum Gasteiger partial charge on any atom is 0.508 e. The van der Waals surface area contributed by atoms with Crippen LogP contribution in [-0.2, 0) is 9.47 Å². The fourth-order valence-corrected chi connectivity index (χ4v) is 2.64. The van der Waals surface area contributed by atoms with Crippen molar-refractivity contribution in [3.63, 3.8) is 0 Å². The zero-order valence-electron chi connectivity index (χ0n) is 12.2. The van der Waals surface area contributed by atoms with Crippen LogP contribution >= 0.6 is 0 Å². The molecule has 0 bridgehead atoms. The van der Waals surface area contributed by atoms with E-state index in [2.05, 4.69) is 25.5 Å². The Morgan fingerprint density at radius 3 is 2.32 bits per heavy atom. The van der Waals surface area contributed by atoms with Gasteiger partial charge in [0.25, 0.3) is 0 Å². The zero-order valence-corrected chi connectivity index (χ0v) is 12.2. The van der Waals surface area contributed by atoms with E-state index in [1.54, 1.807) is 0 Å². The lowest BCUT2D eigenvalue weighted by molar-refractivity contribution is 0.0376. The third-order valence-corrected chi connectivity index (χ3v) is 2.96. The van der Waals surface area contributed by atoms with E-state index in [9.17, 15) is 14.7 Å². The van der Waals surface area contributed by atoms with Crippen molar-refractivity contribution in [1.82, 2.24) is 4.90 Å². The van der Waals surface area contributed by atoms with Gasteiger partial charge in [0.2, 0.25) is 0 Å². The number of ether oxygens (including phenoxy) is 2. The van der Waals surface area contributed by atoms with Crippen LogP contribution in [0.5, 0.6) is 0 Å². The van der Waals surface area contributed by atoms with Crippen molar-refractivity contribution in [3.05, 3.63) is 0 Å². The second-order valence-corrected chi connectivity index (χ2v) is 6.74. The number of carbonyl (C=O) groups excluding carboxylic acids is 1. The first-order valence-corrected chi connectivity index (χ1v) is 6.35. The lowest BCUT2D eigenvalue weighted by Gasteiger charge is -2.41. The van der Waals surface area contributed by atoms with Gasteiger partial charge in [-0.1, -0.05) is 20.8 Å². The molecule has 1 aliphatic heterocycles. The van der Waals surface area contributed by atoms with Crippen LogP contribution in [0.25, 0.3) is 0 Å². The Hall–Kier alpha value is -1.46. The predicted molar refractivity (Wildman–Crippen MR) is 69.1 cm³/mol. The van der Waals surface area contributed by atoms with Crippen molar-refractivity contribution in [2.24, 2.45) is 5.41 Å². The van der Waals surface area contributed by atoms with Crippen LogP contribution in [0.15, 0.2) is 0 Å². The number of nitrogens with zero attached hydrogens (tertiary/aromatic N) is 1. The van der Waals surface area contributed by atoms with Crippen LogP contribution < -0.4 is 0 Å². The molecule has 1 N–H and O–H groups in total. The third kappa shape index (κ3) is 4.61. The molecule has 6 nitrogen and oxygen atoms in total. The van der Waals surface area contributed by atoms with Gasteiger partial charge in [-0.05, 0) is 25.7 Å². The Morgan fingerprint density at radius 2 is 1.95 bits per heavy atom. The highest BCUT2D eigenvalue weighted by Gasteiger charge is 2.38. The van der Waals surface area contributed by atoms with E-state index in [4.69, 9.17) is 4.74 Å². The van der Waals surface area contributed by atoms with E-state index in [1.165, 1.54) is 4.90 Å². The second kappa shape index (κ2) is 5.27. The van der Waals surface area contributed by atoms with Gasteiger partial charge in [-0.25, -0.2) is 9.59 Å². The van der Waals surface area contributed by atoms with Crippen molar-refractivity contribution < 1.29 is 24.2 Å². The molecular weight excluding hydrogens is 250 g/mol. The van der Waals surface area contributed by atoms with Crippen LogP contribution in [0, 0.1) is 5.41 Å². The number of hydrogen-bond donors (Lipinski definition) is 1. The van der Waals surface area contributed by atoms with Gasteiger partial charge in [0.1, 0.15) is 6.61 Å². The Morgan fingerprint density at radius 1 is 1.37 bits per heavy atom. The van der Waals surface area contributed by atoms with Crippen LogP contribution in [0.1, 0.15) is 41.0 Å². The van der Waals surface area contributed by atoms with E-state index < -0.39 is 23.9 Å². The first-order valence-electron chi connectivity index (χ1n) is 6.35. The monoisotopic (exact) mass is 273 g/mol. The van der Waals surface area contributed by atoms with Gasteiger partial charge < -0.3 is 14.6 Å². The third-order valence-electron chi connectivity index (χ3n) is 2.96. The topological polar surface area (TPSA) is 76.1 Å². The van der Waals surface area contributed by atoms with E-state index >= 15 is 0 Å². The lowest BCUT2D eigenvalue weighted by atomic mass is 9.81. The van der Waals surface area contributed by atoms with Gasteiger partial charge in [-0.3, -0.25) is 4.90 Å². The molecule has 0 saturated carbocycles. The number of carboxylic acid groups (broad SMARTS) is 1. The van der Waals surface area contributed by atoms with Gasteiger partial charge >= 0.3 is 12.2 Å². The molecule has 1 rings (SSSR count). The standard InChI is InChI=1S/C13H23NO5/c1-12(2,3)8-13(4,5)14(10(15)16)6-9-7-18-11(17)19-9/h9H,6-8H2,1-5H3,(H,15,16). The molecule has 1 aliphatic rings. The molecule has 0 aromatic heterocycles. The molecule has 0 aromatic rings. The molecular formula is C13H23NO5. The molecule has 1 atom stereocenters. The van der Waals surface area contributed by atoms with Gasteiger partial charge in [-0.15, -0.1) is 0 Å². The first-order chi connectivity index (χ1) is 8.51. The number of hydrogen-bond acceptors (Lipinski definition) is 4. The summed E-state index contributed by atoms with van der Waals surface area (Å²) < 4.78 is 9.58. The van der Waals surface area contributed by atoms with Crippen LogP contribution in [0.4, 0.5) is 9.59 Å². The smallest absolute Gasteiger partial charge is 0.465 e. The summed E-state index contributed by atoms with van der Waals surface area (Å²) in [5, 5.41) is 9.38. The Labute approximate surface area is 113 Å². The van der Waals surface area contributed by atoms with Gasteiger partial charge in [-0.2, -0.15) is 0 Å². The number of rotatable bonds is 4. The molecule has 0 aliphatic carbocycles. The minimum atomic E-state index is -1.02. The molecule has 1 saturated heterocycles. The summed E-state index contributed by atoms with van der Waals surface area (Å²) in [5.41, 5.74) is -0.543. The summed E-state index contributed by atoms with van der Waals surface area (Å²) in [5.74, 6) is 0. The normalized spacial score (nSPS) is 19.8. The van der Waals surface area contributed by atoms with E-state index in [-0.39, 0.29) is 18.6 Å². The highest BCUT2D eigenvalue weighted by Crippen LogP contribution is 2.31. The molecule has 1 amide bonds. The highest BCUT2D eigenvalue weighted by atomic mass is 16.8. The zero-order chi connectivity index (χ0) is 14.8. The van der Waals surface area contributed by atoms with Crippen molar-refractivity contribution in [2.45, 2.75) is 52.7 Å². The lowest BCUT2D eigenvalue weighted by Crippen LogP contribution is -2.52. The van der Waals surface area contributed by atoms with Gasteiger partial charge in [0.05, 0.1) is 6.54 Å². The molecule has 0 aromatic carbocycles. The van der Waals surface area contributed by atoms with Crippen LogP contribution in [0.3, 0.4) is 0 Å². The molecule has 19 heavy (non-hydrogen) atoms. The minimum Gasteiger partial charge on any atom is -0.465 e. The fraction of sp³-hybridized carbons (Fsp3) is 0.846. The largest absolute Gasteiger partial charge is 0.508 e. The SMILES string of the molecule is CC(C)(C)CC(C)(C)N(CC1COC(=O)O1)C(=O)O. The molecule has 1 fully saturated rings. The summed E-state index contributed by atoms with van der Waals surface area (Å²) in [4.78, 5) is 23.6. The molecule has 0 radical (unpaired) electrons. The molecule has 1 heterocycles. The highest BCUT2D eigenvalue weighted by molar-refractivity contribution is 5.66. The number of carbonyl (C=O) groups is 2. The second-order valence-electron chi connectivity index (χ2n) is 6.74. The molecule has 110 valence electrons. The van der Waals surface area contributed by atoms with Gasteiger partial charge in [0.15, 0.2) is 6.10 Å². The summed E-state index contributed by atoms with van der Waals surface area (Å²) >= 11 is 0. The van der Waals surface area contributed by atoms with Gasteiger partial charge in [0, 0.05) is 5.54 Å². The maximum atomic E-state index is 11.4. The fourth-order valence-electron chi connectivity index (χ4n) is 2.64. The Kier molecular flexibility index (Phi) is 4.32. The summed E-state index contributed by atoms with van der Waals surface area (Å²) in [7, 11) is 0. The Balaban J connectivity index is 2.76. The molecule has 1 unspecified atom stereocenters. The summed E-state index contributed by atoms with van der Waals surface area (Å²) in [6.07, 6.45) is -1.57. The van der Waals surface area contributed by atoms with Crippen LogP contribution in [-0.4, -0.2) is 47.0 Å². The number of amides is 1. The average molecular weight is 273 g/mol. The quantitative estimate of drug-likeness (QED) is 0.797. The summed E-state index contributed by atoms with van der Waals surface area (Å²) in [6.45, 7) is 10.2. The van der Waals surface area contributed by atoms with Crippen molar-refractivity contribution >= 4 is 12.2 Å². The number of cyclic esters (lactones) is 2. The van der Waals surface area contributed by atoms with Crippen molar-refractivity contribution in [3.8, 4) is 0 Å². The van der Waals surface area contributed by atoms with Crippen molar-refractivity contribution in [2.75, 3.05) is 13.2 Å². The molecule has 0 spiro atoms. The van der Waals surface area contributed by atoms with E-state index in [1.807, 2.05) is 13.8 Å². The summed E-state index contributed by atoms with van der Waals surface area (Å²) in [6, 6.07) is 0. The van der Waals surface area contributed by atoms with E-state index in [0.29, 0.717) is 6.42 Å². The molecule has 6 heteroatoms. The average Bonchev–Trinajstić information content (AvgIpc) is 2.56. The van der Waals surface area contributed by atoms with E-state index in [0.717, 1.165) is 0 Å². The maximum absolute atomic E-state index is 11.4. The first kappa shape index (κ1) is 15.6. The van der Waals surface area contributed by atoms with Crippen LogP contribution in [0.2, 0.25) is 0 Å².